The third kappa shape index (κ3) is 3.93. The van der Waals surface area contributed by atoms with Gasteiger partial charge in [0.25, 0.3) is 11.5 Å². The second kappa shape index (κ2) is 7.57. The lowest BCUT2D eigenvalue weighted by atomic mass is 10.2. The number of para-hydroxylation sites is 1. The number of nitrogens with one attached hydrogen (secondary N) is 1. The van der Waals surface area contributed by atoms with Crippen molar-refractivity contribution in [2.45, 2.75) is 23.5 Å². The number of benzene rings is 1. The van der Waals surface area contributed by atoms with Gasteiger partial charge < -0.3 is 14.6 Å². The first-order valence-electron chi connectivity index (χ1n) is 7.97. The number of thioether (sulfide) groups is 1. The zero-order chi connectivity index (χ0) is 17.8. The molecule has 2 heterocycles. The number of anilines is 1. The summed E-state index contributed by atoms with van der Waals surface area (Å²) < 4.78 is 5.05. The molecule has 2 aromatic rings. The number of aromatic nitrogens is 1. The summed E-state index contributed by atoms with van der Waals surface area (Å²) in [5, 5.41) is 0.393. The number of pyridine rings is 1. The Bertz CT molecular complexity index is 849. The first-order chi connectivity index (χ1) is 12.1. The summed E-state index contributed by atoms with van der Waals surface area (Å²) in [6.07, 6.45) is 2.27. The zero-order valence-electron chi connectivity index (χ0n) is 13.7. The van der Waals surface area contributed by atoms with Crippen molar-refractivity contribution in [3.8, 4) is 0 Å². The minimum Gasteiger partial charge on any atom is -0.452 e. The number of fused-ring (bicyclic) bond motifs is 1. The Morgan fingerprint density at radius 2 is 2.08 bits per heavy atom. The van der Waals surface area contributed by atoms with Gasteiger partial charge in [0, 0.05) is 22.9 Å². The molecule has 0 saturated carbocycles. The van der Waals surface area contributed by atoms with E-state index in [1.54, 1.807) is 16.7 Å². The van der Waals surface area contributed by atoms with E-state index in [-0.39, 0.29) is 11.5 Å². The lowest BCUT2D eigenvalue weighted by Gasteiger charge is -2.22. The van der Waals surface area contributed by atoms with Crippen LogP contribution in [0.2, 0.25) is 0 Å². The number of rotatable bonds is 3. The molecular formula is C18H18N2O4S. The van der Waals surface area contributed by atoms with Crippen molar-refractivity contribution >= 4 is 29.3 Å². The van der Waals surface area contributed by atoms with Crippen LogP contribution in [0.3, 0.4) is 0 Å². The van der Waals surface area contributed by atoms with Crippen molar-refractivity contribution in [1.29, 1.82) is 0 Å². The Balaban J connectivity index is 1.72. The van der Waals surface area contributed by atoms with Crippen molar-refractivity contribution in [3.05, 3.63) is 58.5 Å². The Labute approximate surface area is 149 Å². The van der Waals surface area contributed by atoms with E-state index in [4.69, 9.17) is 4.74 Å². The molecule has 0 aliphatic carbocycles. The standard InChI is InChI=1S/C18H18N2O4S/c1-12-8-10-20(14-6-2-3-7-15(14)25-12)16(21)11-24-18(23)13-5-4-9-19-17(13)22/h2-7,9,12H,8,10-11H2,1H3,(H,19,22)/t12-/m1/s1. The largest absolute Gasteiger partial charge is 0.452 e. The number of esters is 1. The first kappa shape index (κ1) is 17.3. The predicted molar refractivity (Wildman–Crippen MR) is 96.1 cm³/mol. The molecule has 1 atom stereocenters. The van der Waals surface area contributed by atoms with E-state index >= 15 is 0 Å². The van der Waals surface area contributed by atoms with E-state index in [2.05, 4.69) is 11.9 Å². The summed E-state index contributed by atoms with van der Waals surface area (Å²) in [5.41, 5.74) is 0.177. The number of hydrogen-bond donors (Lipinski definition) is 1. The molecule has 1 aliphatic rings. The summed E-state index contributed by atoms with van der Waals surface area (Å²) in [6, 6.07) is 10.6. The molecule has 130 valence electrons. The molecule has 0 unspecified atom stereocenters. The number of nitrogens with zero attached hydrogens (tertiary/aromatic N) is 1. The number of amides is 1. The highest BCUT2D eigenvalue weighted by atomic mass is 32.2. The number of H-pyrrole nitrogens is 1. The summed E-state index contributed by atoms with van der Waals surface area (Å²) in [5.74, 6) is -1.11. The molecule has 1 N–H and O–H groups in total. The molecule has 25 heavy (non-hydrogen) atoms. The van der Waals surface area contributed by atoms with Crippen molar-refractivity contribution in [2.24, 2.45) is 0 Å². The Kier molecular flexibility index (Phi) is 5.23. The monoisotopic (exact) mass is 358 g/mol. The lowest BCUT2D eigenvalue weighted by Crippen LogP contribution is -2.36. The summed E-state index contributed by atoms with van der Waals surface area (Å²) >= 11 is 1.73. The maximum atomic E-state index is 12.6. The van der Waals surface area contributed by atoms with Crippen LogP contribution in [0.5, 0.6) is 0 Å². The van der Waals surface area contributed by atoms with Gasteiger partial charge in [-0.2, -0.15) is 0 Å². The minimum absolute atomic E-state index is 0.115. The van der Waals surface area contributed by atoms with Gasteiger partial charge in [-0.05, 0) is 30.7 Å². The van der Waals surface area contributed by atoms with E-state index in [1.807, 2.05) is 24.3 Å². The molecule has 0 bridgehead atoms. The second-order valence-corrected chi connectivity index (χ2v) is 7.20. The SMILES string of the molecule is C[C@@H]1CCN(C(=O)COC(=O)c2ccc[nH]c2=O)c2ccccc2S1. The van der Waals surface area contributed by atoms with E-state index in [0.29, 0.717) is 11.8 Å². The Morgan fingerprint density at radius 1 is 1.28 bits per heavy atom. The topological polar surface area (TPSA) is 79.5 Å². The molecule has 1 aliphatic heterocycles. The van der Waals surface area contributed by atoms with Gasteiger partial charge in [-0.25, -0.2) is 4.79 Å². The highest BCUT2D eigenvalue weighted by molar-refractivity contribution is 8.00. The molecule has 3 rings (SSSR count). The van der Waals surface area contributed by atoms with Gasteiger partial charge in [-0.15, -0.1) is 11.8 Å². The Hall–Kier alpha value is -2.54. The zero-order valence-corrected chi connectivity index (χ0v) is 14.5. The average molecular weight is 358 g/mol. The van der Waals surface area contributed by atoms with Gasteiger partial charge in [-0.3, -0.25) is 9.59 Å². The summed E-state index contributed by atoms with van der Waals surface area (Å²) in [6.45, 7) is 2.28. The fourth-order valence-electron chi connectivity index (χ4n) is 2.61. The highest BCUT2D eigenvalue weighted by Crippen LogP contribution is 2.37. The normalized spacial score (nSPS) is 16.7. The highest BCUT2D eigenvalue weighted by Gasteiger charge is 2.25. The molecule has 7 heteroatoms. The van der Waals surface area contributed by atoms with Crippen molar-refractivity contribution in [2.75, 3.05) is 18.1 Å². The molecule has 1 aromatic carbocycles. The van der Waals surface area contributed by atoms with Crippen LogP contribution in [0, 0.1) is 0 Å². The summed E-state index contributed by atoms with van der Waals surface area (Å²) in [7, 11) is 0. The van der Waals surface area contributed by atoms with E-state index in [1.165, 1.54) is 18.3 Å². The number of ether oxygens (including phenoxy) is 1. The van der Waals surface area contributed by atoms with Crippen molar-refractivity contribution in [3.63, 3.8) is 0 Å². The smallest absolute Gasteiger partial charge is 0.344 e. The van der Waals surface area contributed by atoms with Gasteiger partial charge in [0.2, 0.25) is 0 Å². The lowest BCUT2D eigenvalue weighted by molar-refractivity contribution is -0.121. The third-order valence-electron chi connectivity index (χ3n) is 3.91. The maximum absolute atomic E-state index is 12.6. The van der Waals surface area contributed by atoms with Crippen molar-refractivity contribution in [1.82, 2.24) is 4.98 Å². The maximum Gasteiger partial charge on any atom is 0.344 e. The molecule has 0 saturated heterocycles. The molecular weight excluding hydrogens is 340 g/mol. The molecule has 0 fully saturated rings. The molecule has 6 nitrogen and oxygen atoms in total. The van der Waals surface area contributed by atoms with E-state index in [9.17, 15) is 14.4 Å². The van der Waals surface area contributed by atoms with Crippen LogP contribution >= 0.6 is 11.8 Å². The van der Waals surface area contributed by atoms with Crippen LogP contribution in [-0.2, 0) is 9.53 Å². The third-order valence-corrected chi connectivity index (χ3v) is 5.15. The number of carbonyl (C=O) groups is 2. The predicted octanol–water partition coefficient (Wildman–Crippen LogP) is 2.45. The van der Waals surface area contributed by atoms with Gasteiger partial charge in [0.1, 0.15) is 5.56 Å². The van der Waals surface area contributed by atoms with Crippen LogP contribution in [0.1, 0.15) is 23.7 Å². The van der Waals surface area contributed by atoms with Gasteiger partial charge in [0.05, 0.1) is 5.69 Å². The second-order valence-electron chi connectivity index (χ2n) is 5.72. The minimum atomic E-state index is -0.805. The van der Waals surface area contributed by atoms with E-state index < -0.39 is 18.1 Å². The first-order valence-corrected chi connectivity index (χ1v) is 8.85. The number of aromatic amines is 1. The molecule has 1 aromatic heterocycles. The summed E-state index contributed by atoms with van der Waals surface area (Å²) in [4.78, 5) is 41.3. The van der Waals surface area contributed by atoms with Crippen LogP contribution in [-0.4, -0.2) is 35.3 Å². The van der Waals surface area contributed by atoms with Gasteiger partial charge in [-0.1, -0.05) is 19.1 Å². The van der Waals surface area contributed by atoms with Gasteiger partial charge in [0.15, 0.2) is 6.61 Å². The molecule has 0 radical (unpaired) electrons. The fraction of sp³-hybridized carbons (Fsp3) is 0.278. The average Bonchev–Trinajstić information content (AvgIpc) is 2.78. The van der Waals surface area contributed by atoms with Crippen LogP contribution in [0.25, 0.3) is 0 Å². The van der Waals surface area contributed by atoms with Crippen molar-refractivity contribution < 1.29 is 14.3 Å². The number of hydrogen-bond acceptors (Lipinski definition) is 5. The van der Waals surface area contributed by atoms with E-state index in [0.717, 1.165) is 17.0 Å². The fourth-order valence-corrected chi connectivity index (χ4v) is 3.72. The van der Waals surface area contributed by atoms with Crippen LogP contribution in [0.15, 0.2) is 52.3 Å². The quantitative estimate of drug-likeness (QED) is 0.853. The molecule has 0 spiro atoms. The number of carbonyl (C=O) groups excluding carboxylic acids is 2. The van der Waals surface area contributed by atoms with Crippen LogP contribution < -0.4 is 10.5 Å². The van der Waals surface area contributed by atoms with Crippen LogP contribution in [0.4, 0.5) is 5.69 Å². The van der Waals surface area contributed by atoms with Gasteiger partial charge >= 0.3 is 5.97 Å². The Morgan fingerprint density at radius 3 is 2.88 bits per heavy atom. The molecule has 1 amide bonds.